The first-order valence-electron chi connectivity index (χ1n) is 7.25. The van der Waals surface area contributed by atoms with E-state index in [9.17, 15) is 14.3 Å². The largest absolute Gasteiger partial charge is 0.549 e. The lowest BCUT2D eigenvalue weighted by molar-refractivity contribution is -0.304. The standard InChI is InChI=1S/C15H14FN5O2S/c1-2-11(15(22)23)24-14-12-13(17-8-18-14)21(20-19-12)7-9-5-3-4-6-10(9)16/h3-6,8,11H,2,7H2,1H3,(H,22,23)/p-1/t11-/m0/s1. The quantitative estimate of drug-likeness (QED) is 0.486. The van der Waals surface area contributed by atoms with E-state index in [1.54, 1.807) is 25.1 Å². The lowest BCUT2D eigenvalue weighted by Crippen LogP contribution is -2.33. The lowest BCUT2D eigenvalue weighted by atomic mass is 10.2. The van der Waals surface area contributed by atoms with Gasteiger partial charge in [0.15, 0.2) is 11.2 Å². The molecule has 0 saturated heterocycles. The zero-order valence-corrected chi connectivity index (χ0v) is 13.5. The minimum absolute atomic E-state index is 0.169. The second-order valence-electron chi connectivity index (χ2n) is 5.02. The first-order chi connectivity index (χ1) is 11.6. The molecule has 0 spiro atoms. The average molecular weight is 346 g/mol. The summed E-state index contributed by atoms with van der Waals surface area (Å²) in [5.74, 6) is -1.50. The maximum absolute atomic E-state index is 13.8. The number of aromatic nitrogens is 5. The van der Waals surface area contributed by atoms with Gasteiger partial charge in [-0.25, -0.2) is 19.0 Å². The van der Waals surface area contributed by atoms with Crippen LogP contribution in [0.25, 0.3) is 11.2 Å². The second kappa shape index (κ2) is 6.91. The Morgan fingerprint density at radius 2 is 2.17 bits per heavy atom. The fourth-order valence-electron chi connectivity index (χ4n) is 2.18. The van der Waals surface area contributed by atoms with Crippen molar-refractivity contribution in [3.05, 3.63) is 42.0 Å². The Kier molecular flexibility index (Phi) is 4.70. The normalized spacial score (nSPS) is 12.4. The minimum atomic E-state index is -1.16. The molecule has 1 aromatic carbocycles. The fraction of sp³-hybridized carbons (Fsp3) is 0.267. The van der Waals surface area contributed by atoms with Crippen LogP contribution in [0.1, 0.15) is 18.9 Å². The molecule has 2 heterocycles. The molecule has 0 N–H and O–H groups in total. The number of carbonyl (C=O) groups excluding carboxylic acids is 1. The Morgan fingerprint density at radius 3 is 2.88 bits per heavy atom. The lowest BCUT2D eigenvalue weighted by Gasteiger charge is -2.14. The van der Waals surface area contributed by atoms with E-state index >= 15 is 0 Å². The maximum Gasteiger partial charge on any atom is 0.183 e. The SMILES string of the molecule is CC[C@H](Sc1ncnc2c1nnn2Cc1ccccc1F)C(=O)[O-]. The maximum atomic E-state index is 13.8. The molecule has 0 bridgehead atoms. The molecule has 2 aromatic heterocycles. The van der Waals surface area contributed by atoms with E-state index < -0.39 is 11.2 Å². The third-order valence-electron chi connectivity index (χ3n) is 3.43. The molecule has 0 amide bonds. The van der Waals surface area contributed by atoms with E-state index in [4.69, 9.17) is 0 Å². The zero-order chi connectivity index (χ0) is 17.1. The minimum Gasteiger partial charge on any atom is -0.549 e. The van der Waals surface area contributed by atoms with Gasteiger partial charge in [-0.05, 0) is 12.5 Å². The molecule has 9 heteroatoms. The van der Waals surface area contributed by atoms with Crippen molar-refractivity contribution < 1.29 is 14.3 Å². The Bertz CT molecular complexity index is 885. The van der Waals surface area contributed by atoms with Crippen molar-refractivity contribution in [1.29, 1.82) is 0 Å². The van der Waals surface area contributed by atoms with E-state index in [-0.39, 0.29) is 12.4 Å². The Hall–Kier alpha value is -2.55. The summed E-state index contributed by atoms with van der Waals surface area (Å²) in [5, 5.41) is 18.8. The predicted octanol–water partition coefficient (Wildman–Crippen LogP) is 1.03. The third kappa shape index (κ3) is 3.21. The van der Waals surface area contributed by atoms with Crippen LogP contribution in [0.3, 0.4) is 0 Å². The van der Waals surface area contributed by atoms with Crippen molar-refractivity contribution in [1.82, 2.24) is 25.0 Å². The van der Waals surface area contributed by atoms with Crippen molar-refractivity contribution >= 4 is 28.9 Å². The molecular weight excluding hydrogens is 333 g/mol. The molecule has 0 aliphatic heterocycles. The van der Waals surface area contributed by atoms with Crippen molar-refractivity contribution in [2.24, 2.45) is 0 Å². The van der Waals surface area contributed by atoms with E-state index in [0.29, 0.717) is 28.2 Å². The van der Waals surface area contributed by atoms with Crippen molar-refractivity contribution in [2.45, 2.75) is 30.2 Å². The number of hydrogen-bond acceptors (Lipinski definition) is 7. The molecule has 0 saturated carbocycles. The van der Waals surface area contributed by atoms with Gasteiger partial charge in [0.2, 0.25) is 0 Å². The second-order valence-corrected chi connectivity index (χ2v) is 6.21. The molecular formula is C15H13FN5O2S-. The summed E-state index contributed by atoms with van der Waals surface area (Å²) in [7, 11) is 0. The number of hydrogen-bond donors (Lipinski definition) is 0. The summed E-state index contributed by atoms with van der Waals surface area (Å²) in [6.07, 6.45) is 1.70. The van der Waals surface area contributed by atoms with Gasteiger partial charge in [-0.3, -0.25) is 0 Å². The summed E-state index contributed by atoms with van der Waals surface area (Å²) >= 11 is 1.05. The first-order valence-corrected chi connectivity index (χ1v) is 8.13. The number of aliphatic carboxylic acids is 1. The van der Waals surface area contributed by atoms with Crippen LogP contribution >= 0.6 is 11.8 Å². The third-order valence-corrected chi connectivity index (χ3v) is 4.76. The highest BCUT2D eigenvalue weighted by molar-refractivity contribution is 8.00. The van der Waals surface area contributed by atoms with Crippen molar-refractivity contribution in [3.63, 3.8) is 0 Å². The van der Waals surface area contributed by atoms with E-state index in [2.05, 4.69) is 20.3 Å². The molecule has 0 radical (unpaired) electrons. The molecule has 3 aromatic rings. The van der Waals surface area contributed by atoms with Crippen molar-refractivity contribution in [3.8, 4) is 0 Å². The van der Waals surface area contributed by atoms with Gasteiger partial charge in [-0.1, -0.05) is 42.1 Å². The van der Waals surface area contributed by atoms with Crippen LogP contribution in [0, 0.1) is 5.82 Å². The van der Waals surface area contributed by atoms with Gasteiger partial charge in [0, 0.05) is 5.56 Å². The van der Waals surface area contributed by atoms with Crippen LogP contribution in [0.4, 0.5) is 4.39 Å². The summed E-state index contributed by atoms with van der Waals surface area (Å²) < 4.78 is 15.3. The highest BCUT2D eigenvalue weighted by Crippen LogP contribution is 2.28. The van der Waals surface area contributed by atoms with E-state index in [1.165, 1.54) is 17.1 Å². The number of halogens is 1. The molecule has 3 rings (SSSR count). The highest BCUT2D eigenvalue weighted by Gasteiger charge is 2.17. The van der Waals surface area contributed by atoms with Crippen molar-refractivity contribution in [2.75, 3.05) is 0 Å². The fourth-order valence-corrected chi connectivity index (χ4v) is 3.07. The van der Waals surface area contributed by atoms with Gasteiger partial charge in [-0.2, -0.15) is 0 Å². The van der Waals surface area contributed by atoms with Gasteiger partial charge >= 0.3 is 0 Å². The summed E-state index contributed by atoms with van der Waals surface area (Å²) in [6, 6.07) is 6.37. The average Bonchev–Trinajstić information content (AvgIpc) is 2.98. The molecule has 0 aliphatic carbocycles. The van der Waals surface area contributed by atoms with E-state index in [0.717, 1.165) is 11.8 Å². The van der Waals surface area contributed by atoms with Crippen LogP contribution in [0.5, 0.6) is 0 Å². The number of benzene rings is 1. The molecule has 0 unspecified atom stereocenters. The summed E-state index contributed by atoms with van der Waals surface area (Å²) in [6.45, 7) is 1.92. The monoisotopic (exact) mass is 346 g/mol. The number of carbonyl (C=O) groups is 1. The zero-order valence-electron chi connectivity index (χ0n) is 12.7. The number of nitrogens with zero attached hydrogens (tertiary/aromatic N) is 5. The molecule has 0 fully saturated rings. The molecule has 24 heavy (non-hydrogen) atoms. The van der Waals surface area contributed by atoms with Crippen LogP contribution in [-0.4, -0.2) is 36.2 Å². The number of rotatable bonds is 6. The highest BCUT2D eigenvalue weighted by atomic mass is 32.2. The Labute approximate surface area is 140 Å². The van der Waals surface area contributed by atoms with Gasteiger partial charge < -0.3 is 9.90 Å². The molecule has 7 nitrogen and oxygen atoms in total. The Morgan fingerprint density at radius 1 is 1.38 bits per heavy atom. The molecule has 0 aliphatic rings. The first kappa shape index (κ1) is 16.3. The summed E-state index contributed by atoms with van der Waals surface area (Å²) in [4.78, 5) is 19.3. The Balaban J connectivity index is 1.94. The van der Waals surface area contributed by atoms with E-state index in [1.807, 2.05) is 0 Å². The predicted molar refractivity (Wildman–Crippen MR) is 83.6 cm³/mol. The number of carboxylic acids is 1. The van der Waals surface area contributed by atoms with Gasteiger partial charge in [0.05, 0.1) is 17.8 Å². The van der Waals surface area contributed by atoms with Crippen LogP contribution in [0.15, 0.2) is 35.6 Å². The molecule has 124 valence electrons. The number of thioether (sulfide) groups is 1. The summed E-state index contributed by atoms with van der Waals surface area (Å²) in [5.41, 5.74) is 1.26. The smallest absolute Gasteiger partial charge is 0.183 e. The topological polar surface area (TPSA) is 96.6 Å². The molecule has 1 atom stereocenters. The number of carboxylic acid groups (broad SMARTS) is 1. The number of fused-ring (bicyclic) bond motifs is 1. The van der Waals surface area contributed by atoms with Crippen LogP contribution in [0.2, 0.25) is 0 Å². The van der Waals surface area contributed by atoms with Gasteiger partial charge in [0.25, 0.3) is 0 Å². The van der Waals surface area contributed by atoms with Gasteiger partial charge in [-0.15, -0.1) is 5.10 Å². The van der Waals surface area contributed by atoms with Gasteiger partial charge in [0.1, 0.15) is 17.2 Å². The van der Waals surface area contributed by atoms with Crippen LogP contribution < -0.4 is 5.11 Å². The van der Waals surface area contributed by atoms with Crippen LogP contribution in [-0.2, 0) is 11.3 Å².